The summed E-state index contributed by atoms with van der Waals surface area (Å²) in [6.45, 7) is 1.48. The Kier molecular flexibility index (Phi) is 4.57. The van der Waals surface area contributed by atoms with Gasteiger partial charge in [0.15, 0.2) is 0 Å². The van der Waals surface area contributed by atoms with Crippen LogP contribution in [0.1, 0.15) is 17.3 Å². The summed E-state index contributed by atoms with van der Waals surface area (Å²) in [7, 11) is 1.49. The molecule has 1 aromatic rings. The molecule has 0 saturated carbocycles. The van der Waals surface area contributed by atoms with E-state index < -0.39 is 12.0 Å². The van der Waals surface area contributed by atoms with E-state index in [-0.39, 0.29) is 5.91 Å². The molecular formula is C12H15NO3S. The van der Waals surface area contributed by atoms with Gasteiger partial charge in [-0.15, -0.1) is 11.8 Å². The highest BCUT2D eigenvalue weighted by molar-refractivity contribution is 7.98. The lowest BCUT2D eigenvalue weighted by Gasteiger charge is -2.21. The molecule has 0 aromatic heterocycles. The van der Waals surface area contributed by atoms with Crippen molar-refractivity contribution in [2.75, 3.05) is 13.3 Å². The fourth-order valence-electron chi connectivity index (χ4n) is 1.28. The van der Waals surface area contributed by atoms with Crippen molar-refractivity contribution >= 4 is 23.6 Å². The summed E-state index contributed by atoms with van der Waals surface area (Å²) < 4.78 is 0. The van der Waals surface area contributed by atoms with E-state index in [1.54, 1.807) is 23.9 Å². The number of aliphatic carboxylic acids is 1. The molecule has 0 fully saturated rings. The number of rotatable bonds is 4. The van der Waals surface area contributed by atoms with Gasteiger partial charge in [0.2, 0.25) is 0 Å². The Morgan fingerprint density at radius 1 is 1.29 bits per heavy atom. The Morgan fingerprint density at radius 3 is 2.24 bits per heavy atom. The fraction of sp³-hybridized carbons (Fsp3) is 0.333. The van der Waals surface area contributed by atoms with Crippen LogP contribution in [0.15, 0.2) is 29.2 Å². The first kappa shape index (κ1) is 13.6. The quantitative estimate of drug-likeness (QED) is 0.833. The fourth-order valence-corrected chi connectivity index (χ4v) is 1.69. The maximum Gasteiger partial charge on any atom is 0.326 e. The van der Waals surface area contributed by atoms with Crippen LogP contribution < -0.4 is 0 Å². The number of hydrogen-bond donors (Lipinski definition) is 1. The number of amides is 1. The number of carbonyl (C=O) groups excluding carboxylic acids is 1. The Balaban J connectivity index is 2.85. The van der Waals surface area contributed by atoms with E-state index >= 15 is 0 Å². The second kappa shape index (κ2) is 5.72. The molecule has 1 N–H and O–H groups in total. The Morgan fingerprint density at radius 2 is 1.82 bits per heavy atom. The normalized spacial score (nSPS) is 11.9. The number of hydrogen-bond acceptors (Lipinski definition) is 3. The molecule has 0 aliphatic carbocycles. The van der Waals surface area contributed by atoms with Gasteiger partial charge in [0.05, 0.1) is 0 Å². The number of carboxylic acid groups (broad SMARTS) is 1. The molecule has 0 saturated heterocycles. The molecule has 0 unspecified atom stereocenters. The first-order valence-electron chi connectivity index (χ1n) is 5.11. The highest BCUT2D eigenvalue weighted by Gasteiger charge is 2.22. The Bertz CT molecular complexity index is 416. The van der Waals surface area contributed by atoms with Crippen LogP contribution in [0.25, 0.3) is 0 Å². The molecule has 0 heterocycles. The van der Waals surface area contributed by atoms with Crippen LogP contribution >= 0.6 is 11.8 Å². The molecule has 1 atom stereocenters. The van der Waals surface area contributed by atoms with Crippen LogP contribution in [0.2, 0.25) is 0 Å². The average Bonchev–Trinajstić information content (AvgIpc) is 2.36. The SMILES string of the molecule is CSc1ccc(C(=O)N(C)[C@@H](C)C(=O)O)cc1. The predicted octanol–water partition coefficient (Wildman–Crippen LogP) is 1.95. The third-order valence-corrected chi connectivity index (χ3v) is 3.34. The largest absolute Gasteiger partial charge is 0.480 e. The van der Waals surface area contributed by atoms with Crippen LogP contribution in [-0.4, -0.2) is 41.2 Å². The van der Waals surface area contributed by atoms with Gasteiger partial charge in [-0.05, 0) is 37.4 Å². The molecule has 1 aromatic carbocycles. The molecule has 0 bridgehead atoms. The van der Waals surface area contributed by atoms with E-state index in [2.05, 4.69) is 0 Å². The first-order chi connectivity index (χ1) is 7.97. The van der Waals surface area contributed by atoms with Gasteiger partial charge in [-0.2, -0.15) is 0 Å². The van der Waals surface area contributed by atoms with Gasteiger partial charge in [-0.1, -0.05) is 0 Å². The lowest BCUT2D eigenvalue weighted by Crippen LogP contribution is -2.40. The second-order valence-corrected chi connectivity index (χ2v) is 4.54. The molecular weight excluding hydrogens is 238 g/mol. The Labute approximate surface area is 105 Å². The van der Waals surface area contributed by atoms with E-state index in [0.29, 0.717) is 5.56 Å². The lowest BCUT2D eigenvalue weighted by atomic mass is 10.2. The zero-order valence-corrected chi connectivity index (χ0v) is 10.8. The van der Waals surface area contributed by atoms with E-state index in [1.165, 1.54) is 18.9 Å². The number of carbonyl (C=O) groups is 2. The summed E-state index contributed by atoms with van der Waals surface area (Å²) >= 11 is 1.59. The van der Waals surface area contributed by atoms with Crippen LogP contribution in [0, 0.1) is 0 Å². The molecule has 0 radical (unpaired) electrons. The third kappa shape index (κ3) is 3.23. The second-order valence-electron chi connectivity index (χ2n) is 3.66. The van der Waals surface area contributed by atoms with Gasteiger partial charge in [0.1, 0.15) is 6.04 Å². The molecule has 5 heteroatoms. The predicted molar refractivity (Wildman–Crippen MR) is 67.4 cm³/mol. The molecule has 0 aliphatic rings. The van der Waals surface area contributed by atoms with Crippen LogP contribution in [0.4, 0.5) is 0 Å². The molecule has 1 amide bonds. The van der Waals surface area contributed by atoms with Crippen molar-refractivity contribution in [1.29, 1.82) is 0 Å². The van der Waals surface area contributed by atoms with Gasteiger partial charge in [0, 0.05) is 17.5 Å². The molecule has 0 spiro atoms. The zero-order valence-electron chi connectivity index (χ0n) is 10.0. The van der Waals surface area contributed by atoms with Gasteiger partial charge >= 0.3 is 5.97 Å². The zero-order chi connectivity index (χ0) is 13.0. The summed E-state index contributed by atoms with van der Waals surface area (Å²) in [5.74, 6) is -1.30. The van der Waals surface area contributed by atoms with Crippen molar-refractivity contribution in [2.24, 2.45) is 0 Å². The average molecular weight is 253 g/mol. The summed E-state index contributed by atoms with van der Waals surface area (Å²) in [4.78, 5) is 25.0. The lowest BCUT2D eigenvalue weighted by molar-refractivity contribution is -0.141. The minimum atomic E-state index is -1.01. The topological polar surface area (TPSA) is 57.6 Å². The summed E-state index contributed by atoms with van der Waals surface area (Å²) in [5, 5.41) is 8.83. The smallest absolute Gasteiger partial charge is 0.326 e. The number of likely N-dealkylation sites (N-methyl/N-ethyl adjacent to an activating group) is 1. The van der Waals surface area contributed by atoms with Crippen molar-refractivity contribution in [3.63, 3.8) is 0 Å². The summed E-state index contributed by atoms with van der Waals surface area (Å²) in [6, 6.07) is 6.27. The minimum absolute atomic E-state index is 0.285. The van der Waals surface area contributed by atoms with Crippen LogP contribution in [-0.2, 0) is 4.79 Å². The number of carboxylic acids is 1. The highest BCUT2D eigenvalue weighted by Crippen LogP contribution is 2.16. The van der Waals surface area contributed by atoms with Gasteiger partial charge in [-0.25, -0.2) is 4.79 Å². The van der Waals surface area contributed by atoms with E-state index in [9.17, 15) is 9.59 Å². The van der Waals surface area contributed by atoms with Crippen LogP contribution in [0.5, 0.6) is 0 Å². The molecule has 17 heavy (non-hydrogen) atoms. The Hall–Kier alpha value is -1.49. The minimum Gasteiger partial charge on any atom is -0.480 e. The van der Waals surface area contributed by atoms with E-state index in [1.807, 2.05) is 18.4 Å². The standard InChI is InChI=1S/C12H15NO3S/c1-8(12(15)16)13(2)11(14)9-4-6-10(17-3)7-5-9/h4-8H,1-3H3,(H,15,16)/t8-/m0/s1. The van der Waals surface area contributed by atoms with E-state index in [0.717, 1.165) is 4.90 Å². The van der Waals surface area contributed by atoms with E-state index in [4.69, 9.17) is 5.11 Å². The van der Waals surface area contributed by atoms with Crippen molar-refractivity contribution < 1.29 is 14.7 Å². The number of nitrogens with zero attached hydrogens (tertiary/aromatic N) is 1. The van der Waals surface area contributed by atoms with Crippen molar-refractivity contribution in [3.8, 4) is 0 Å². The molecule has 92 valence electrons. The van der Waals surface area contributed by atoms with Crippen LogP contribution in [0.3, 0.4) is 0 Å². The van der Waals surface area contributed by atoms with Gasteiger partial charge < -0.3 is 10.0 Å². The summed E-state index contributed by atoms with van der Waals surface area (Å²) in [5.41, 5.74) is 0.499. The number of thioether (sulfide) groups is 1. The van der Waals surface area contributed by atoms with Crippen molar-refractivity contribution in [3.05, 3.63) is 29.8 Å². The first-order valence-corrected chi connectivity index (χ1v) is 6.34. The van der Waals surface area contributed by atoms with Crippen molar-refractivity contribution in [2.45, 2.75) is 17.9 Å². The monoisotopic (exact) mass is 253 g/mol. The van der Waals surface area contributed by atoms with Gasteiger partial charge in [0.25, 0.3) is 5.91 Å². The maximum atomic E-state index is 11.9. The maximum absolute atomic E-state index is 11.9. The highest BCUT2D eigenvalue weighted by atomic mass is 32.2. The van der Waals surface area contributed by atoms with Gasteiger partial charge in [-0.3, -0.25) is 4.79 Å². The molecule has 1 rings (SSSR count). The third-order valence-electron chi connectivity index (χ3n) is 2.60. The summed E-state index contributed by atoms with van der Waals surface area (Å²) in [6.07, 6.45) is 1.95. The number of benzene rings is 1. The van der Waals surface area contributed by atoms with Crippen molar-refractivity contribution in [1.82, 2.24) is 4.90 Å². The molecule has 0 aliphatic heterocycles. The molecule has 4 nitrogen and oxygen atoms in total.